The van der Waals surface area contributed by atoms with Crippen LogP contribution in [0.3, 0.4) is 0 Å². The summed E-state index contributed by atoms with van der Waals surface area (Å²) in [4.78, 5) is 0. The van der Waals surface area contributed by atoms with Crippen molar-refractivity contribution in [3.05, 3.63) is 36.4 Å². The van der Waals surface area contributed by atoms with E-state index in [1.54, 1.807) is 0 Å². The van der Waals surface area contributed by atoms with Gasteiger partial charge in [-0.25, -0.2) is 0 Å². The fourth-order valence-electron chi connectivity index (χ4n) is 0.385. The minimum absolute atomic E-state index is 0. The van der Waals surface area contributed by atoms with E-state index >= 15 is 0 Å². The van der Waals surface area contributed by atoms with E-state index < -0.39 is 0 Å². The van der Waals surface area contributed by atoms with E-state index in [2.05, 4.69) is 0 Å². The zero-order valence-electron chi connectivity index (χ0n) is 4.17. The third kappa shape index (κ3) is 2.68. The van der Waals surface area contributed by atoms with Crippen LogP contribution in [-0.2, 0) is 0 Å². The molecule has 1 rings (SSSR count). The smallest absolute Gasteiger partial charge is 0.0623 e. The van der Waals surface area contributed by atoms with Crippen molar-refractivity contribution >= 4 is 23.9 Å². The van der Waals surface area contributed by atoms with Crippen LogP contribution >= 0.6 is 0 Å². The van der Waals surface area contributed by atoms with Crippen molar-refractivity contribution in [2.75, 3.05) is 0 Å². The maximum absolute atomic E-state index is 2.00. The normalized spacial score (nSPS) is 6.86. The van der Waals surface area contributed by atoms with Gasteiger partial charge in [0, 0.05) is 0 Å². The Bertz CT molecular complexity index is 76.1. The average Bonchev–Trinajstić information content (AvgIpc) is 1.72. The summed E-state index contributed by atoms with van der Waals surface area (Å²) in [6.45, 7) is 0. The molecule has 1 aromatic rings. The van der Waals surface area contributed by atoms with Gasteiger partial charge < -0.3 is 0 Å². The molecule has 0 atom stereocenters. The number of hydrogen-bond acceptors (Lipinski definition) is 0. The molecule has 0 saturated heterocycles. The van der Waals surface area contributed by atoms with Gasteiger partial charge in [0.05, 0.1) is 0 Å². The first kappa shape index (κ1) is 7.02. The molecule has 0 aliphatic heterocycles. The zero-order chi connectivity index (χ0) is 4.24. The van der Waals surface area contributed by atoms with Crippen molar-refractivity contribution in [2.45, 2.75) is 0 Å². The van der Waals surface area contributed by atoms with Crippen LogP contribution in [0.4, 0.5) is 0 Å². The molecule has 0 saturated carbocycles. The summed E-state index contributed by atoms with van der Waals surface area (Å²) in [7, 11) is 0. The van der Waals surface area contributed by atoms with E-state index in [1.807, 2.05) is 36.4 Å². The van der Waals surface area contributed by atoms with Gasteiger partial charge in [-0.15, -0.1) is 0 Å². The van der Waals surface area contributed by atoms with Crippen molar-refractivity contribution < 1.29 is 0 Å². The minimum Gasteiger partial charge on any atom is -0.0623 e. The molecular formula is C6H8Sn. The third-order valence-corrected chi connectivity index (χ3v) is 0.667. The molecule has 7 heavy (non-hydrogen) atoms. The van der Waals surface area contributed by atoms with Gasteiger partial charge in [0.25, 0.3) is 0 Å². The Balaban J connectivity index is 0.000000360. The summed E-state index contributed by atoms with van der Waals surface area (Å²) in [6, 6.07) is 12.0. The standard InChI is InChI=1S/C6H6.Sn.2H/c1-2-4-6-5-3-1;;;/h1-6H;;;. The van der Waals surface area contributed by atoms with Crippen LogP contribution < -0.4 is 0 Å². The summed E-state index contributed by atoms with van der Waals surface area (Å²) in [5, 5.41) is 0. The Hall–Kier alpha value is 0.0187. The Morgan fingerprint density at radius 3 is 0.714 bits per heavy atom. The second kappa shape index (κ2) is 4.18. The fraction of sp³-hybridized carbons (Fsp3) is 0. The first-order chi connectivity index (χ1) is 3.00. The summed E-state index contributed by atoms with van der Waals surface area (Å²) >= 11 is 0. The Kier molecular flexibility index (Phi) is 4.20. The molecule has 0 aliphatic carbocycles. The number of hydrogen-bond donors (Lipinski definition) is 0. The summed E-state index contributed by atoms with van der Waals surface area (Å²) < 4.78 is 0. The first-order valence-corrected chi connectivity index (χ1v) is 2.00. The first-order valence-electron chi connectivity index (χ1n) is 2.00. The van der Waals surface area contributed by atoms with E-state index in [0.29, 0.717) is 0 Å². The average molecular weight is 199 g/mol. The Labute approximate surface area is 60.5 Å². The molecule has 0 aliphatic rings. The summed E-state index contributed by atoms with van der Waals surface area (Å²) in [5.74, 6) is 0. The van der Waals surface area contributed by atoms with E-state index in [1.165, 1.54) is 0 Å². The van der Waals surface area contributed by atoms with Gasteiger partial charge in [-0.05, 0) is 0 Å². The molecule has 1 heteroatoms. The SMILES string of the molecule is [SnH2].c1ccccc1. The topological polar surface area (TPSA) is 0 Å². The maximum atomic E-state index is 2.00. The van der Waals surface area contributed by atoms with Crippen LogP contribution in [0.1, 0.15) is 0 Å². The molecule has 0 spiro atoms. The van der Waals surface area contributed by atoms with Crippen molar-refractivity contribution in [1.82, 2.24) is 0 Å². The zero-order valence-corrected chi connectivity index (χ0v) is 8.21. The van der Waals surface area contributed by atoms with Crippen LogP contribution in [0.5, 0.6) is 0 Å². The van der Waals surface area contributed by atoms with Crippen LogP contribution in [0.15, 0.2) is 36.4 Å². The van der Waals surface area contributed by atoms with Gasteiger partial charge in [-0.3, -0.25) is 0 Å². The van der Waals surface area contributed by atoms with E-state index in [0.717, 1.165) is 0 Å². The molecule has 0 nitrogen and oxygen atoms in total. The Morgan fingerprint density at radius 2 is 0.571 bits per heavy atom. The quantitative estimate of drug-likeness (QED) is 0.541. The van der Waals surface area contributed by atoms with Crippen molar-refractivity contribution in [1.29, 1.82) is 0 Å². The predicted octanol–water partition coefficient (Wildman–Crippen LogP) is 0.770. The summed E-state index contributed by atoms with van der Waals surface area (Å²) in [5.41, 5.74) is 0. The Morgan fingerprint density at radius 1 is 0.429 bits per heavy atom. The molecule has 0 fully saturated rings. The molecule has 36 valence electrons. The van der Waals surface area contributed by atoms with Gasteiger partial charge in [0.2, 0.25) is 0 Å². The molecule has 0 heterocycles. The van der Waals surface area contributed by atoms with Gasteiger partial charge >= 0.3 is 23.9 Å². The predicted molar refractivity (Wildman–Crippen MR) is 35.0 cm³/mol. The van der Waals surface area contributed by atoms with Crippen LogP contribution in [-0.4, -0.2) is 23.9 Å². The molecule has 1 aromatic carbocycles. The molecule has 0 bridgehead atoms. The molecule has 0 aromatic heterocycles. The van der Waals surface area contributed by atoms with E-state index in [-0.39, 0.29) is 23.9 Å². The second-order valence-electron chi connectivity index (χ2n) is 1.15. The largest absolute Gasteiger partial charge is 0.0623 e. The van der Waals surface area contributed by atoms with E-state index in [9.17, 15) is 0 Å². The van der Waals surface area contributed by atoms with Gasteiger partial charge in [0.1, 0.15) is 0 Å². The molecule has 0 unspecified atom stereocenters. The van der Waals surface area contributed by atoms with Crippen molar-refractivity contribution in [2.24, 2.45) is 0 Å². The van der Waals surface area contributed by atoms with Crippen molar-refractivity contribution in [3.63, 3.8) is 0 Å². The molecule has 0 N–H and O–H groups in total. The maximum Gasteiger partial charge on any atom is -0.0623 e. The minimum atomic E-state index is 0. The molecule has 2 radical (unpaired) electrons. The third-order valence-electron chi connectivity index (χ3n) is 0.667. The van der Waals surface area contributed by atoms with Gasteiger partial charge in [-0.1, -0.05) is 36.4 Å². The second-order valence-corrected chi connectivity index (χ2v) is 1.15. The van der Waals surface area contributed by atoms with Crippen LogP contribution in [0, 0.1) is 0 Å². The van der Waals surface area contributed by atoms with Crippen LogP contribution in [0.2, 0.25) is 0 Å². The summed E-state index contributed by atoms with van der Waals surface area (Å²) in [6.07, 6.45) is 0. The number of rotatable bonds is 0. The molecule has 0 amide bonds. The van der Waals surface area contributed by atoms with Gasteiger partial charge in [0.15, 0.2) is 0 Å². The van der Waals surface area contributed by atoms with Crippen LogP contribution in [0.25, 0.3) is 0 Å². The molecular weight excluding hydrogens is 191 g/mol. The van der Waals surface area contributed by atoms with E-state index in [4.69, 9.17) is 0 Å². The van der Waals surface area contributed by atoms with Crippen molar-refractivity contribution in [3.8, 4) is 0 Å². The van der Waals surface area contributed by atoms with Gasteiger partial charge in [-0.2, -0.15) is 0 Å². The monoisotopic (exact) mass is 200 g/mol. The number of benzene rings is 1. The fourth-order valence-corrected chi connectivity index (χ4v) is 0.385.